The number of amides is 3. The summed E-state index contributed by atoms with van der Waals surface area (Å²) in [6, 6.07) is 10.3. The number of hydrogen-bond donors (Lipinski definition) is 2. The molecule has 47 heavy (non-hydrogen) atoms. The summed E-state index contributed by atoms with van der Waals surface area (Å²) in [4.78, 5) is 41.6. The molecule has 3 amide bonds. The summed E-state index contributed by atoms with van der Waals surface area (Å²) < 4.78 is 31.0. The number of piperidine rings is 1. The number of anilines is 2. The Morgan fingerprint density at radius 3 is 2.40 bits per heavy atom. The monoisotopic (exact) mass is 682 g/mol. The fourth-order valence-corrected chi connectivity index (χ4v) is 8.30. The number of aromatic nitrogens is 2. The third-order valence-corrected chi connectivity index (χ3v) is 11.4. The summed E-state index contributed by atoms with van der Waals surface area (Å²) in [6.07, 6.45) is 1.97. The van der Waals surface area contributed by atoms with Gasteiger partial charge in [-0.25, -0.2) is 8.42 Å². The first kappa shape index (κ1) is 34.4. The van der Waals surface area contributed by atoms with Crippen LogP contribution < -0.4 is 14.9 Å². The highest BCUT2D eigenvalue weighted by Crippen LogP contribution is 2.38. The van der Waals surface area contributed by atoms with Gasteiger partial charge in [0.2, 0.25) is 11.8 Å². The lowest BCUT2D eigenvalue weighted by Crippen LogP contribution is -2.53. The number of sulfonamides is 1. The van der Waals surface area contributed by atoms with Crippen LogP contribution in [0, 0.1) is 19.8 Å². The molecule has 0 unspecified atom stereocenters. The van der Waals surface area contributed by atoms with Crippen molar-refractivity contribution in [3.63, 3.8) is 0 Å². The molecular formula is C34H43ClN6O5S. The van der Waals surface area contributed by atoms with Gasteiger partial charge in [0, 0.05) is 37.1 Å². The number of fused-ring (bicyclic) bond motifs is 1. The second-order valence-corrected chi connectivity index (χ2v) is 15.7. The van der Waals surface area contributed by atoms with Gasteiger partial charge in [-0.1, -0.05) is 44.5 Å². The topological polar surface area (TPSA) is 134 Å². The molecule has 2 N–H and O–H groups in total. The van der Waals surface area contributed by atoms with Crippen molar-refractivity contribution in [3.05, 3.63) is 70.0 Å². The van der Waals surface area contributed by atoms with Gasteiger partial charge >= 0.3 is 0 Å². The molecule has 2 aliphatic heterocycles. The lowest BCUT2D eigenvalue weighted by Gasteiger charge is -2.37. The average Bonchev–Trinajstić information content (AvgIpc) is 3.41. The summed E-state index contributed by atoms with van der Waals surface area (Å²) in [7, 11) is -2.46. The normalized spacial score (nSPS) is 17.3. The molecule has 13 heteroatoms. The minimum Gasteiger partial charge on any atom is -0.356 e. The molecule has 1 aromatic heterocycles. The second-order valence-electron chi connectivity index (χ2n) is 13.6. The van der Waals surface area contributed by atoms with E-state index in [0.717, 1.165) is 22.8 Å². The van der Waals surface area contributed by atoms with Gasteiger partial charge < -0.3 is 15.5 Å². The van der Waals surface area contributed by atoms with Crippen LogP contribution in [0.1, 0.15) is 73.8 Å². The molecule has 252 valence electrons. The number of para-hydroxylation sites is 2. The van der Waals surface area contributed by atoms with E-state index < -0.39 is 27.9 Å². The first-order valence-electron chi connectivity index (χ1n) is 15.9. The van der Waals surface area contributed by atoms with Crippen LogP contribution in [0.4, 0.5) is 11.4 Å². The molecule has 3 heterocycles. The van der Waals surface area contributed by atoms with Crippen LogP contribution in [0.15, 0.2) is 47.4 Å². The lowest BCUT2D eigenvalue weighted by molar-refractivity contribution is -0.125. The largest absolute Gasteiger partial charge is 0.356 e. The van der Waals surface area contributed by atoms with Crippen molar-refractivity contribution in [2.45, 2.75) is 76.7 Å². The highest BCUT2D eigenvalue weighted by atomic mass is 35.5. The Kier molecular flexibility index (Phi) is 9.75. The van der Waals surface area contributed by atoms with Crippen LogP contribution in [0.5, 0.6) is 0 Å². The van der Waals surface area contributed by atoms with E-state index in [2.05, 4.69) is 36.5 Å². The zero-order valence-electron chi connectivity index (χ0n) is 27.8. The van der Waals surface area contributed by atoms with Crippen molar-refractivity contribution in [2.75, 3.05) is 29.3 Å². The summed E-state index contributed by atoms with van der Waals surface area (Å²) in [5.74, 6) is -0.718. The number of rotatable bonds is 8. The third-order valence-electron chi connectivity index (χ3n) is 9.00. The van der Waals surface area contributed by atoms with Crippen molar-refractivity contribution in [3.8, 4) is 0 Å². The van der Waals surface area contributed by atoms with Crippen molar-refractivity contribution < 1.29 is 22.8 Å². The number of likely N-dealkylation sites (tertiary alicyclic amines) is 1. The molecule has 0 spiro atoms. The number of nitrogens with zero attached hydrogens (tertiary/aromatic N) is 4. The highest BCUT2D eigenvalue weighted by Gasteiger charge is 2.42. The van der Waals surface area contributed by atoms with Crippen LogP contribution in [0.3, 0.4) is 0 Å². The maximum atomic E-state index is 14.2. The molecular weight excluding hydrogens is 640 g/mol. The van der Waals surface area contributed by atoms with Crippen molar-refractivity contribution >= 4 is 50.7 Å². The number of halogens is 1. The first-order valence-corrected chi connectivity index (χ1v) is 17.7. The lowest BCUT2D eigenvalue weighted by atomic mass is 9.92. The van der Waals surface area contributed by atoms with Crippen molar-refractivity contribution in [1.82, 2.24) is 20.0 Å². The van der Waals surface area contributed by atoms with E-state index in [1.807, 2.05) is 11.0 Å². The van der Waals surface area contributed by atoms with Crippen molar-refractivity contribution in [1.29, 1.82) is 0 Å². The highest BCUT2D eigenvalue weighted by molar-refractivity contribution is 7.93. The predicted molar refractivity (Wildman–Crippen MR) is 182 cm³/mol. The van der Waals surface area contributed by atoms with E-state index in [0.29, 0.717) is 65.2 Å². The average molecular weight is 683 g/mol. The van der Waals surface area contributed by atoms with E-state index in [4.69, 9.17) is 11.6 Å². The molecule has 0 saturated carbocycles. The Bertz CT molecular complexity index is 1810. The van der Waals surface area contributed by atoms with Gasteiger partial charge in [0.25, 0.3) is 15.9 Å². The molecule has 2 aliphatic rings. The zero-order chi connectivity index (χ0) is 34.3. The summed E-state index contributed by atoms with van der Waals surface area (Å²) in [5, 5.41) is 10.6. The number of carbonyl (C=O) groups excluding carboxylic acids is 3. The standard InChI is InChI=1S/C34H43ClN6O5S/c1-21-18-29(22(2)17-24(21)35)47(45,46)41-26-10-8-7-9-25(26)37-32(43)27(41)20-31(42)36-14-11-23-12-15-40(16-13-23)33(44)28-19-30(34(3,4)5)38-39(28)6/h7-10,17-19,23,27H,11-16,20H2,1-6H3,(H,36,42)(H,37,43)/t27-/m1/s1. The maximum Gasteiger partial charge on any atom is 0.272 e. The fourth-order valence-electron chi connectivity index (χ4n) is 6.16. The van der Waals surface area contributed by atoms with Crippen molar-refractivity contribution in [2.24, 2.45) is 13.0 Å². The van der Waals surface area contributed by atoms with Crippen LogP contribution in [0.25, 0.3) is 0 Å². The summed E-state index contributed by atoms with van der Waals surface area (Å²) in [6.45, 7) is 11.2. The Balaban J connectivity index is 1.21. The molecule has 2 aromatic carbocycles. The first-order chi connectivity index (χ1) is 22.1. The molecule has 1 fully saturated rings. The Morgan fingerprint density at radius 2 is 1.74 bits per heavy atom. The van der Waals surface area contributed by atoms with E-state index in [1.165, 1.54) is 6.07 Å². The van der Waals surface area contributed by atoms with E-state index in [9.17, 15) is 22.8 Å². The van der Waals surface area contributed by atoms with E-state index in [1.54, 1.807) is 55.9 Å². The molecule has 3 aromatic rings. The van der Waals surface area contributed by atoms with Crippen LogP contribution in [-0.4, -0.2) is 66.5 Å². The minimum atomic E-state index is -4.26. The number of aryl methyl sites for hydroxylation is 3. The number of nitrogens with one attached hydrogen (secondary N) is 2. The molecule has 0 bridgehead atoms. The van der Waals surface area contributed by atoms with Crippen LogP contribution >= 0.6 is 11.6 Å². The van der Waals surface area contributed by atoms with Gasteiger partial charge in [0.15, 0.2) is 0 Å². The fraction of sp³-hybridized carbons (Fsp3) is 0.471. The zero-order valence-corrected chi connectivity index (χ0v) is 29.3. The van der Waals surface area contributed by atoms with Gasteiger partial charge in [-0.05, 0) is 80.5 Å². The maximum absolute atomic E-state index is 14.2. The smallest absolute Gasteiger partial charge is 0.272 e. The van der Waals surface area contributed by atoms with E-state index in [-0.39, 0.29) is 22.6 Å². The van der Waals surface area contributed by atoms with Crippen LogP contribution in [-0.2, 0) is 32.1 Å². The number of hydrogen-bond acceptors (Lipinski definition) is 6. The molecule has 11 nitrogen and oxygen atoms in total. The predicted octanol–water partition coefficient (Wildman–Crippen LogP) is 4.95. The molecule has 0 aliphatic carbocycles. The Labute approximate surface area is 281 Å². The van der Waals surface area contributed by atoms with Gasteiger partial charge in [0.1, 0.15) is 11.7 Å². The van der Waals surface area contributed by atoms with E-state index >= 15 is 0 Å². The molecule has 1 saturated heterocycles. The van der Waals surface area contributed by atoms with Gasteiger partial charge in [-0.15, -0.1) is 0 Å². The third kappa shape index (κ3) is 7.18. The number of carbonyl (C=O) groups is 3. The quantitative estimate of drug-likeness (QED) is 0.345. The summed E-state index contributed by atoms with van der Waals surface area (Å²) >= 11 is 6.25. The number of benzene rings is 2. The molecule has 0 radical (unpaired) electrons. The van der Waals surface area contributed by atoms with Gasteiger partial charge in [-0.3, -0.25) is 23.4 Å². The Hall–Kier alpha value is -3.90. The minimum absolute atomic E-state index is 0.0252. The van der Waals surface area contributed by atoms with Crippen LogP contribution in [0.2, 0.25) is 5.02 Å². The SMILES string of the molecule is Cc1cc(S(=O)(=O)N2c3ccccc3NC(=O)[C@H]2CC(=O)NCCC2CCN(C(=O)c3cc(C(C)(C)C)nn3C)CC2)c(C)cc1Cl. The van der Waals surface area contributed by atoms with Gasteiger partial charge in [-0.2, -0.15) is 5.10 Å². The van der Waals surface area contributed by atoms with Gasteiger partial charge in [0.05, 0.1) is 28.4 Å². The molecule has 5 rings (SSSR count). The summed E-state index contributed by atoms with van der Waals surface area (Å²) in [5.41, 5.74) is 2.97. The molecule has 1 atom stereocenters. The Morgan fingerprint density at radius 1 is 1.06 bits per heavy atom. The second kappa shape index (κ2) is 13.3.